The highest BCUT2D eigenvalue weighted by molar-refractivity contribution is 7.86. The van der Waals surface area contributed by atoms with E-state index in [1.54, 1.807) is 0 Å². The maximum absolute atomic E-state index is 12.2. The van der Waals surface area contributed by atoms with E-state index in [-0.39, 0.29) is 0 Å². The SMILES string of the molecule is CCC[n+]1cc2cc3c(cc2c2c1-c1cc4c(cc1C2)OCO4)OCO3.O=S(=O)([O-])C(F)(F)C(F)(F)C(F)(F)C(F)(F)F. The monoisotopic (exact) mass is 647 g/mol. The summed E-state index contributed by atoms with van der Waals surface area (Å²) in [6.07, 6.45) is -2.96. The zero-order valence-electron chi connectivity index (χ0n) is 21.5. The average molecular weight is 647 g/mol. The molecule has 0 unspecified atom stereocenters. The number of aromatic nitrogens is 1. The molecule has 8 nitrogen and oxygen atoms in total. The molecular weight excluding hydrogens is 629 g/mol. The Kier molecular flexibility index (Phi) is 7.11. The molecule has 0 N–H and O–H groups in total. The predicted octanol–water partition coefficient (Wildman–Crippen LogP) is 5.52. The number of pyridine rings is 1. The average Bonchev–Trinajstić information content (AvgIpc) is 3.63. The Bertz CT molecular complexity index is 1730. The maximum atomic E-state index is 12.2. The maximum Gasteiger partial charge on any atom is 0.460 e. The van der Waals surface area contributed by atoms with Gasteiger partial charge in [-0.25, -0.2) is 8.42 Å². The lowest BCUT2D eigenvalue weighted by atomic mass is 10.0. The Morgan fingerprint density at radius 2 is 1.35 bits per heavy atom. The smallest absolute Gasteiger partial charge is 0.460 e. The molecule has 0 fully saturated rings. The van der Waals surface area contributed by atoms with Crippen molar-refractivity contribution in [3.63, 3.8) is 0 Å². The quantitative estimate of drug-likeness (QED) is 0.160. The summed E-state index contributed by atoms with van der Waals surface area (Å²) in [5.74, 6) is -11.5. The minimum atomic E-state index is -7.43. The summed E-state index contributed by atoms with van der Waals surface area (Å²) in [5, 5.41) is -4.69. The van der Waals surface area contributed by atoms with Gasteiger partial charge in [-0.1, -0.05) is 6.92 Å². The minimum Gasteiger partial charge on any atom is -0.743 e. The molecule has 2 aliphatic heterocycles. The van der Waals surface area contributed by atoms with Crippen molar-refractivity contribution in [3.8, 4) is 34.3 Å². The molecule has 1 aliphatic carbocycles. The van der Waals surface area contributed by atoms with E-state index in [2.05, 4.69) is 42.0 Å². The van der Waals surface area contributed by atoms with Crippen molar-refractivity contribution in [2.45, 2.75) is 49.6 Å². The highest BCUT2D eigenvalue weighted by Crippen LogP contribution is 2.54. The molecule has 6 rings (SSSR count). The van der Waals surface area contributed by atoms with Crippen molar-refractivity contribution in [2.75, 3.05) is 13.6 Å². The zero-order valence-corrected chi connectivity index (χ0v) is 22.4. The number of halogens is 9. The van der Waals surface area contributed by atoms with Crippen LogP contribution in [-0.4, -0.2) is 49.8 Å². The number of aryl methyl sites for hydroxylation is 1. The third-order valence-electron chi connectivity index (χ3n) is 6.85. The van der Waals surface area contributed by atoms with Crippen molar-refractivity contribution >= 4 is 20.9 Å². The lowest BCUT2D eigenvalue weighted by Crippen LogP contribution is -2.63. The summed E-state index contributed by atoms with van der Waals surface area (Å²) in [5.41, 5.74) is 5.16. The highest BCUT2D eigenvalue weighted by atomic mass is 32.2. The summed E-state index contributed by atoms with van der Waals surface area (Å²) in [7, 11) is -7.42. The van der Waals surface area contributed by atoms with Crippen LogP contribution in [-0.2, 0) is 23.1 Å². The molecule has 0 atom stereocenters. The van der Waals surface area contributed by atoms with Crippen LogP contribution >= 0.6 is 0 Å². The highest BCUT2D eigenvalue weighted by Gasteiger charge is 2.83. The van der Waals surface area contributed by atoms with Gasteiger partial charge in [-0.3, -0.25) is 0 Å². The molecule has 0 radical (unpaired) electrons. The van der Waals surface area contributed by atoms with Crippen LogP contribution in [0.2, 0.25) is 0 Å². The molecule has 18 heteroatoms. The number of hydrogen-bond acceptors (Lipinski definition) is 7. The van der Waals surface area contributed by atoms with Gasteiger partial charge in [0.15, 0.2) is 39.3 Å². The molecule has 0 amide bonds. The van der Waals surface area contributed by atoms with E-state index in [0.717, 1.165) is 42.4 Å². The first-order valence-electron chi connectivity index (χ1n) is 12.2. The number of ether oxygens (including phenoxy) is 4. The predicted molar refractivity (Wildman–Crippen MR) is 126 cm³/mol. The standard InChI is InChI=1S/C21H18NO4.C4HF9O3S/c1-2-3-22-9-13-6-18-19(25-11-24-18)7-14(13)16-4-12-5-17-20(26-10-23-17)8-15(12)21(16)22;5-1(6,3(9,10)11)2(7,8)4(12,13)17(14,15)16/h5-9H,2-4,10-11H2,1H3;(H,14,15,16)/q+1;/p-1. The molecule has 0 spiro atoms. The number of benzene rings is 2. The molecule has 3 aromatic rings. The number of nitrogens with zero attached hydrogens (tertiary/aromatic N) is 1. The van der Waals surface area contributed by atoms with Gasteiger partial charge in [0.2, 0.25) is 19.3 Å². The zero-order chi connectivity index (χ0) is 31.8. The van der Waals surface area contributed by atoms with Crippen molar-refractivity contribution in [1.82, 2.24) is 0 Å². The molecule has 43 heavy (non-hydrogen) atoms. The van der Waals surface area contributed by atoms with Crippen molar-refractivity contribution in [2.24, 2.45) is 0 Å². The van der Waals surface area contributed by atoms with E-state index in [1.165, 1.54) is 33.2 Å². The van der Waals surface area contributed by atoms with E-state index < -0.39 is 33.4 Å². The van der Waals surface area contributed by atoms with E-state index in [0.29, 0.717) is 13.6 Å². The van der Waals surface area contributed by atoms with Gasteiger partial charge in [0.25, 0.3) is 0 Å². The molecule has 0 saturated heterocycles. The Labute approximate surface area is 236 Å². The summed E-state index contributed by atoms with van der Waals surface area (Å²) >= 11 is 0. The topological polar surface area (TPSA) is 98.0 Å². The van der Waals surface area contributed by atoms with Gasteiger partial charge >= 0.3 is 23.3 Å². The summed E-state index contributed by atoms with van der Waals surface area (Å²) < 4.78 is 160. The van der Waals surface area contributed by atoms with Crippen LogP contribution in [0.1, 0.15) is 24.5 Å². The molecule has 0 bridgehead atoms. The normalized spacial score (nSPS) is 15.7. The van der Waals surface area contributed by atoms with Crippen LogP contribution in [0.25, 0.3) is 22.0 Å². The fourth-order valence-corrected chi connectivity index (χ4v) is 5.27. The first-order valence-corrected chi connectivity index (χ1v) is 13.6. The summed E-state index contributed by atoms with van der Waals surface area (Å²) in [6.45, 7) is 3.78. The second-order valence-electron chi connectivity index (χ2n) is 9.60. The van der Waals surface area contributed by atoms with E-state index >= 15 is 0 Å². The van der Waals surface area contributed by atoms with Crippen molar-refractivity contribution < 1.29 is 76.0 Å². The van der Waals surface area contributed by atoms with E-state index in [1.807, 2.05) is 0 Å². The molecule has 234 valence electrons. The second-order valence-corrected chi connectivity index (χ2v) is 11.0. The van der Waals surface area contributed by atoms with Crippen LogP contribution in [0.4, 0.5) is 39.5 Å². The summed E-state index contributed by atoms with van der Waals surface area (Å²) in [4.78, 5) is 0. The van der Waals surface area contributed by atoms with E-state index in [9.17, 15) is 52.5 Å². The number of rotatable bonds is 5. The Morgan fingerprint density at radius 3 is 1.88 bits per heavy atom. The summed E-state index contributed by atoms with van der Waals surface area (Å²) in [6, 6.07) is 8.49. The van der Waals surface area contributed by atoms with Crippen LogP contribution < -0.4 is 23.5 Å². The first-order chi connectivity index (χ1) is 19.8. The van der Waals surface area contributed by atoms with Crippen LogP contribution in [0.5, 0.6) is 23.0 Å². The number of hydrogen-bond donors (Lipinski definition) is 0. The van der Waals surface area contributed by atoms with Gasteiger partial charge in [-0.2, -0.15) is 44.1 Å². The fraction of sp³-hybridized carbons (Fsp3) is 0.400. The molecular formula is C25H18F9NO7S. The Balaban J connectivity index is 0.000000191. The van der Waals surface area contributed by atoms with Gasteiger partial charge in [-0.15, -0.1) is 0 Å². The van der Waals surface area contributed by atoms with Gasteiger partial charge in [0.05, 0.1) is 5.56 Å². The van der Waals surface area contributed by atoms with Crippen LogP contribution in [0.15, 0.2) is 30.5 Å². The van der Waals surface area contributed by atoms with Gasteiger partial charge < -0.3 is 23.5 Å². The van der Waals surface area contributed by atoms with E-state index in [4.69, 9.17) is 18.9 Å². The molecule has 3 aliphatic rings. The van der Waals surface area contributed by atoms with Crippen LogP contribution in [0.3, 0.4) is 0 Å². The Morgan fingerprint density at radius 1 is 0.814 bits per heavy atom. The second kappa shape index (κ2) is 9.93. The van der Waals surface area contributed by atoms with Crippen molar-refractivity contribution in [3.05, 3.63) is 41.6 Å². The van der Waals surface area contributed by atoms with Gasteiger partial charge in [0, 0.05) is 29.2 Å². The van der Waals surface area contributed by atoms with Crippen molar-refractivity contribution in [1.29, 1.82) is 0 Å². The number of fused-ring (bicyclic) bond motifs is 7. The third-order valence-corrected chi connectivity index (χ3v) is 7.74. The lowest BCUT2D eigenvalue weighted by molar-refractivity contribution is -0.685. The largest absolute Gasteiger partial charge is 0.743 e. The molecule has 3 heterocycles. The fourth-order valence-electron chi connectivity index (χ4n) is 4.83. The number of alkyl halides is 9. The Hall–Kier alpha value is -3.67. The lowest BCUT2D eigenvalue weighted by Gasteiger charge is -2.34. The molecule has 2 aromatic carbocycles. The molecule has 1 aromatic heterocycles. The minimum absolute atomic E-state index is 0.296. The molecule has 0 saturated carbocycles. The van der Waals surface area contributed by atoms with Gasteiger partial charge in [0.1, 0.15) is 6.54 Å². The third kappa shape index (κ3) is 4.74. The first kappa shape index (κ1) is 30.8. The van der Waals surface area contributed by atoms with Crippen LogP contribution in [0, 0.1) is 0 Å². The van der Waals surface area contributed by atoms with Gasteiger partial charge in [-0.05, 0) is 29.8 Å².